The van der Waals surface area contributed by atoms with Gasteiger partial charge in [-0.25, -0.2) is 0 Å². The van der Waals surface area contributed by atoms with Crippen molar-refractivity contribution in [1.29, 1.82) is 0 Å². The second kappa shape index (κ2) is 10.9. The van der Waals surface area contributed by atoms with Crippen LogP contribution in [0.15, 0.2) is 42.5 Å². The quantitative estimate of drug-likeness (QED) is 0.580. The Hall–Kier alpha value is -2.70. The summed E-state index contributed by atoms with van der Waals surface area (Å²) < 4.78 is 11.0. The topological polar surface area (TPSA) is 67.9 Å². The van der Waals surface area contributed by atoms with Crippen LogP contribution in [0.5, 0.6) is 11.5 Å². The van der Waals surface area contributed by atoms with E-state index in [0.717, 1.165) is 0 Å². The van der Waals surface area contributed by atoms with E-state index in [1.165, 1.54) is 18.1 Å². The molecule has 0 saturated heterocycles. The molecule has 0 saturated carbocycles. The van der Waals surface area contributed by atoms with Gasteiger partial charge in [-0.2, -0.15) is 0 Å². The minimum Gasteiger partial charge on any atom is -0.493 e. The minimum atomic E-state index is -0.334. The Morgan fingerprint density at radius 3 is 2.43 bits per heavy atom. The third-order valence-corrected chi connectivity index (χ3v) is 4.44. The molecule has 0 aliphatic carbocycles. The van der Waals surface area contributed by atoms with E-state index in [9.17, 15) is 9.59 Å². The van der Waals surface area contributed by atoms with Crippen molar-refractivity contribution in [2.75, 3.05) is 26.0 Å². The molecule has 8 heteroatoms. The molecule has 2 aromatic carbocycles. The van der Waals surface area contributed by atoms with Crippen molar-refractivity contribution in [1.82, 2.24) is 4.90 Å². The van der Waals surface area contributed by atoms with Crippen molar-refractivity contribution in [3.05, 3.63) is 58.1 Å². The van der Waals surface area contributed by atoms with Crippen LogP contribution >= 0.6 is 23.2 Å². The maximum absolute atomic E-state index is 12.4. The number of methoxy groups -OCH3 is 1. The molecule has 0 aliphatic rings. The zero-order valence-electron chi connectivity index (χ0n) is 17.2. The van der Waals surface area contributed by atoms with E-state index < -0.39 is 0 Å². The number of benzene rings is 2. The predicted molar refractivity (Wildman–Crippen MR) is 121 cm³/mol. The van der Waals surface area contributed by atoms with E-state index in [0.29, 0.717) is 32.8 Å². The summed E-state index contributed by atoms with van der Waals surface area (Å²) in [7, 11) is 3.06. The molecule has 30 heavy (non-hydrogen) atoms. The summed E-state index contributed by atoms with van der Waals surface area (Å²) in [6, 6.07) is 10.1. The number of amides is 2. The molecule has 0 unspecified atom stereocenters. The second-order valence-electron chi connectivity index (χ2n) is 6.78. The molecular weight excluding hydrogens is 427 g/mol. The molecule has 0 aliphatic heterocycles. The zero-order chi connectivity index (χ0) is 22.3. The standard InChI is InChI=1S/C22H24Cl2N2O4/c1-14(2)30-22-18(24)11-15(12-19(22)29-4)5-10-21(28)26(3)13-20(27)25-17-8-6-16(23)7-9-17/h5-12,14H,13H2,1-4H3,(H,25,27)/b10-5+. The first-order chi connectivity index (χ1) is 14.2. The normalized spacial score (nSPS) is 10.9. The van der Waals surface area contributed by atoms with Crippen molar-refractivity contribution in [2.24, 2.45) is 0 Å². The van der Waals surface area contributed by atoms with Gasteiger partial charge in [-0.05, 0) is 61.9 Å². The largest absolute Gasteiger partial charge is 0.493 e. The van der Waals surface area contributed by atoms with Crippen LogP contribution in [0, 0.1) is 0 Å². The molecule has 2 rings (SSSR count). The van der Waals surface area contributed by atoms with Crippen LogP contribution in [-0.2, 0) is 9.59 Å². The number of nitrogens with zero attached hydrogens (tertiary/aromatic N) is 1. The molecule has 1 N–H and O–H groups in total. The van der Waals surface area contributed by atoms with Gasteiger partial charge in [0.25, 0.3) is 0 Å². The molecular formula is C22H24Cl2N2O4. The van der Waals surface area contributed by atoms with Crippen LogP contribution in [0.2, 0.25) is 10.0 Å². The van der Waals surface area contributed by atoms with Crippen LogP contribution in [0.3, 0.4) is 0 Å². The number of rotatable bonds is 8. The summed E-state index contributed by atoms with van der Waals surface area (Å²) in [6.45, 7) is 3.68. The lowest BCUT2D eigenvalue weighted by molar-refractivity contribution is -0.129. The first-order valence-corrected chi connectivity index (χ1v) is 9.98. The van der Waals surface area contributed by atoms with E-state index in [-0.39, 0.29) is 24.5 Å². The lowest BCUT2D eigenvalue weighted by Gasteiger charge is -2.16. The number of halogens is 2. The predicted octanol–water partition coefficient (Wildman–Crippen LogP) is 4.90. The highest BCUT2D eigenvalue weighted by atomic mass is 35.5. The number of hydrogen-bond donors (Lipinski definition) is 1. The Morgan fingerprint density at radius 2 is 1.83 bits per heavy atom. The molecule has 2 amide bonds. The highest BCUT2D eigenvalue weighted by Crippen LogP contribution is 2.37. The highest BCUT2D eigenvalue weighted by molar-refractivity contribution is 6.32. The van der Waals surface area contributed by atoms with Crippen molar-refractivity contribution in [2.45, 2.75) is 20.0 Å². The average Bonchev–Trinajstić information content (AvgIpc) is 2.69. The van der Waals surface area contributed by atoms with Crippen molar-refractivity contribution in [3.63, 3.8) is 0 Å². The molecule has 2 aromatic rings. The van der Waals surface area contributed by atoms with Gasteiger partial charge in [-0.15, -0.1) is 0 Å². The monoisotopic (exact) mass is 450 g/mol. The van der Waals surface area contributed by atoms with E-state index in [1.54, 1.807) is 49.5 Å². The Balaban J connectivity index is 2.01. The summed E-state index contributed by atoms with van der Waals surface area (Å²) in [5.41, 5.74) is 1.27. The van der Waals surface area contributed by atoms with Gasteiger partial charge in [0.05, 0.1) is 24.8 Å². The van der Waals surface area contributed by atoms with E-state index in [4.69, 9.17) is 32.7 Å². The Kier molecular flexibility index (Phi) is 8.57. The lowest BCUT2D eigenvalue weighted by atomic mass is 10.1. The van der Waals surface area contributed by atoms with E-state index >= 15 is 0 Å². The minimum absolute atomic E-state index is 0.0629. The van der Waals surface area contributed by atoms with Crippen molar-refractivity contribution >= 4 is 46.8 Å². The van der Waals surface area contributed by atoms with Gasteiger partial charge in [-0.1, -0.05) is 23.2 Å². The van der Waals surface area contributed by atoms with Crippen LogP contribution in [-0.4, -0.2) is 43.5 Å². The number of hydrogen-bond acceptors (Lipinski definition) is 4. The molecule has 0 radical (unpaired) electrons. The summed E-state index contributed by atoms with van der Waals surface area (Å²) in [5, 5.41) is 3.66. The number of ether oxygens (including phenoxy) is 2. The van der Waals surface area contributed by atoms with Gasteiger partial charge >= 0.3 is 0 Å². The number of carbonyl (C=O) groups is 2. The summed E-state index contributed by atoms with van der Waals surface area (Å²) in [6.07, 6.45) is 2.90. The smallest absolute Gasteiger partial charge is 0.246 e. The maximum Gasteiger partial charge on any atom is 0.246 e. The fourth-order valence-corrected chi connectivity index (χ4v) is 2.90. The summed E-state index contributed by atoms with van der Waals surface area (Å²) in [4.78, 5) is 25.8. The average molecular weight is 451 g/mol. The maximum atomic E-state index is 12.4. The number of carbonyl (C=O) groups excluding carboxylic acids is 2. The van der Waals surface area contributed by atoms with Crippen LogP contribution in [0.4, 0.5) is 5.69 Å². The Bertz CT molecular complexity index is 927. The Morgan fingerprint density at radius 1 is 1.17 bits per heavy atom. The van der Waals surface area contributed by atoms with E-state index in [2.05, 4.69) is 5.32 Å². The molecule has 0 heterocycles. The SMILES string of the molecule is COc1cc(/C=C/C(=O)N(C)CC(=O)Nc2ccc(Cl)cc2)cc(Cl)c1OC(C)C. The molecule has 0 bridgehead atoms. The van der Waals surface area contributed by atoms with Gasteiger partial charge < -0.3 is 19.7 Å². The van der Waals surface area contributed by atoms with Gasteiger partial charge in [0.1, 0.15) is 0 Å². The summed E-state index contributed by atoms with van der Waals surface area (Å²) >= 11 is 12.1. The Labute approximate surface area is 186 Å². The zero-order valence-corrected chi connectivity index (χ0v) is 18.8. The molecule has 6 nitrogen and oxygen atoms in total. The number of likely N-dealkylation sites (N-methyl/N-ethyl adjacent to an activating group) is 1. The first kappa shape index (κ1) is 23.6. The van der Waals surface area contributed by atoms with Gasteiger partial charge in [-0.3, -0.25) is 9.59 Å². The molecule has 0 fully saturated rings. The molecule has 0 spiro atoms. The van der Waals surface area contributed by atoms with Gasteiger partial charge in [0.2, 0.25) is 11.8 Å². The summed E-state index contributed by atoms with van der Waals surface area (Å²) in [5.74, 6) is 0.271. The van der Waals surface area contributed by atoms with Crippen molar-refractivity contribution < 1.29 is 19.1 Å². The molecule has 160 valence electrons. The van der Waals surface area contributed by atoms with Gasteiger partial charge in [0, 0.05) is 23.8 Å². The van der Waals surface area contributed by atoms with Crippen LogP contribution in [0.25, 0.3) is 6.08 Å². The van der Waals surface area contributed by atoms with Crippen LogP contribution in [0.1, 0.15) is 19.4 Å². The molecule has 0 atom stereocenters. The number of anilines is 1. The van der Waals surface area contributed by atoms with E-state index in [1.807, 2.05) is 13.8 Å². The lowest BCUT2D eigenvalue weighted by Crippen LogP contribution is -2.33. The fraction of sp³-hybridized carbons (Fsp3) is 0.273. The molecule has 0 aromatic heterocycles. The fourth-order valence-electron chi connectivity index (χ4n) is 2.51. The van der Waals surface area contributed by atoms with Gasteiger partial charge in [0.15, 0.2) is 11.5 Å². The first-order valence-electron chi connectivity index (χ1n) is 9.22. The second-order valence-corrected chi connectivity index (χ2v) is 7.63. The third-order valence-electron chi connectivity index (χ3n) is 3.91. The highest BCUT2D eigenvalue weighted by Gasteiger charge is 2.14. The number of nitrogens with one attached hydrogen (secondary N) is 1. The van der Waals surface area contributed by atoms with Crippen LogP contribution < -0.4 is 14.8 Å². The third kappa shape index (κ3) is 6.97. The van der Waals surface area contributed by atoms with Crippen molar-refractivity contribution in [3.8, 4) is 11.5 Å².